The quantitative estimate of drug-likeness (QED) is 0.595. The highest BCUT2D eigenvalue weighted by molar-refractivity contribution is 6.06. The first-order valence-electron chi connectivity index (χ1n) is 4.19. The summed E-state index contributed by atoms with van der Waals surface area (Å²) in [5, 5.41) is 2.32. The lowest BCUT2D eigenvalue weighted by Gasteiger charge is -2.01. The molecule has 3 heteroatoms. The van der Waals surface area contributed by atoms with Crippen LogP contribution in [0.2, 0.25) is 0 Å². The van der Waals surface area contributed by atoms with Crippen molar-refractivity contribution in [1.29, 1.82) is 0 Å². The number of amides is 2. The van der Waals surface area contributed by atoms with E-state index in [0.717, 1.165) is 5.56 Å². The van der Waals surface area contributed by atoms with Crippen LogP contribution >= 0.6 is 0 Å². The highest BCUT2D eigenvalue weighted by Gasteiger charge is 2.18. The minimum Gasteiger partial charge on any atom is -0.292 e. The van der Waals surface area contributed by atoms with Gasteiger partial charge in [0.15, 0.2) is 0 Å². The normalized spacial score (nSPS) is 16.0. The Bertz CT molecular complexity index is 371. The van der Waals surface area contributed by atoms with Crippen molar-refractivity contribution in [2.45, 2.75) is 12.8 Å². The largest absolute Gasteiger partial charge is 0.292 e. The summed E-state index contributed by atoms with van der Waals surface area (Å²) < 4.78 is 0. The average molecular weight is 175 g/mol. The van der Waals surface area contributed by atoms with Gasteiger partial charge in [0.05, 0.1) is 0 Å². The molecular weight excluding hydrogens is 166 g/mol. The first kappa shape index (κ1) is 7.98. The summed E-state index contributed by atoms with van der Waals surface area (Å²) in [5.74, 6) is -0.473. The number of fused-ring (bicyclic) bond motifs is 1. The van der Waals surface area contributed by atoms with E-state index < -0.39 is 0 Å². The average Bonchev–Trinajstić information content (AvgIpc) is 2.27. The zero-order valence-corrected chi connectivity index (χ0v) is 7.04. The fraction of sp³-hybridized carbons (Fsp3) is 0.200. The van der Waals surface area contributed by atoms with Gasteiger partial charge < -0.3 is 0 Å². The number of imide groups is 1. The molecule has 1 heterocycles. The third kappa shape index (κ3) is 1.45. The van der Waals surface area contributed by atoms with Crippen molar-refractivity contribution in [3.63, 3.8) is 0 Å². The molecule has 0 saturated heterocycles. The molecule has 0 bridgehead atoms. The number of nitrogens with one attached hydrogen (secondary N) is 1. The van der Waals surface area contributed by atoms with E-state index in [9.17, 15) is 9.59 Å². The summed E-state index contributed by atoms with van der Waals surface area (Å²) in [5.41, 5.74) is 1.57. The lowest BCUT2D eigenvalue weighted by atomic mass is 10.0. The third-order valence-electron chi connectivity index (χ3n) is 2.14. The van der Waals surface area contributed by atoms with E-state index in [1.54, 1.807) is 12.1 Å². The first-order valence-corrected chi connectivity index (χ1v) is 4.19. The van der Waals surface area contributed by atoms with Gasteiger partial charge in [-0.05, 0) is 18.1 Å². The molecule has 0 aliphatic carbocycles. The molecular formula is C10H9NO2. The number of carbonyl (C=O) groups is 2. The summed E-state index contributed by atoms with van der Waals surface area (Å²) in [6.45, 7) is 0. The number of hydrogen-bond donors (Lipinski definition) is 1. The van der Waals surface area contributed by atoms with Gasteiger partial charge in [0, 0.05) is 12.0 Å². The van der Waals surface area contributed by atoms with Gasteiger partial charge in [-0.2, -0.15) is 0 Å². The Balaban J connectivity index is 2.46. The maximum absolute atomic E-state index is 11.4. The zero-order valence-electron chi connectivity index (χ0n) is 7.04. The zero-order chi connectivity index (χ0) is 9.26. The monoisotopic (exact) mass is 175 g/mol. The van der Waals surface area contributed by atoms with Crippen LogP contribution in [0.5, 0.6) is 0 Å². The molecule has 0 aromatic heterocycles. The van der Waals surface area contributed by atoms with Crippen LogP contribution in [0.25, 0.3) is 0 Å². The second-order valence-electron chi connectivity index (χ2n) is 3.03. The predicted molar refractivity (Wildman–Crippen MR) is 47.2 cm³/mol. The van der Waals surface area contributed by atoms with Crippen LogP contribution < -0.4 is 5.32 Å². The van der Waals surface area contributed by atoms with Gasteiger partial charge in [0.1, 0.15) is 0 Å². The van der Waals surface area contributed by atoms with Crippen molar-refractivity contribution in [2.75, 3.05) is 0 Å². The minimum absolute atomic E-state index is 0.193. The molecule has 0 spiro atoms. The first-order chi connectivity index (χ1) is 6.27. The summed E-state index contributed by atoms with van der Waals surface area (Å²) in [6.07, 6.45) is 1.04. The second kappa shape index (κ2) is 3.01. The Hall–Kier alpha value is -1.64. The fourth-order valence-electron chi connectivity index (χ4n) is 1.46. The van der Waals surface area contributed by atoms with Gasteiger partial charge in [-0.15, -0.1) is 0 Å². The lowest BCUT2D eigenvalue weighted by molar-refractivity contribution is -0.119. The Morgan fingerprint density at radius 3 is 2.69 bits per heavy atom. The van der Waals surface area contributed by atoms with E-state index in [2.05, 4.69) is 5.32 Å². The molecule has 2 amide bonds. The molecule has 13 heavy (non-hydrogen) atoms. The van der Waals surface area contributed by atoms with Crippen molar-refractivity contribution in [3.05, 3.63) is 35.4 Å². The van der Waals surface area contributed by atoms with Gasteiger partial charge in [0.25, 0.3) is 5.91 Å². The number of rotatable bonds is 0. The summed E-state index contributed by atoms with van der Waals surface area (Å²) in [4.78, 5) is 22.4. The topological polar surface area (TPSA) is 46.2 Å². The molecule has 1 aromatic carbocycles. The standard InChI is InChI=1S/C10H9NO2/c12-9-6-5-7-3-1-2-4-8(7)10(13)11-9/h1-4H,5-6H2,(H,11,12,13). The maximum Gasteiger partial charge on any atom is 0.258 e. The fourth-order valence-corrected chi connectivity index (χ4v) is 1.46. The summed E-state index contributed by atoms with van der Waals surface area (Å²) >= 11 is 0. The highest BCUT2D eigenvalue weighted by Crippen LogP contribution is 2.13. The van der Waals surface area contributed by atoms with Gasteiger partial charge in [0.2, 0.25) is 5.91 Å². The Labute approximate surface area is 75.8 Å². The molecule has 1 aliphatic heterocycles. The van der Waals surface area contributed by atoms with Crippen LogP contribution in [0, 0.1) is 0 Å². The third-order valence-corrected chi connectivity index (χ3v) is 2.14. The van der Waals surface area contributed by atoms with Crippen LogP contribution in [0.15, 0.2) is 24.3 Å². The van der Waals surface area contributed by atoms with E-state index in [0.29, 0.717) is 18.4 Å². The molecule has 1 aromatic rings. The lowest BCUT2D eigenvalue weighted by Crippen LogP contribution is -2.28. The van der Waals surface area contributed by atoms with E-state index in [4.69, 9.17) is 0 Å². The molecule has 1 aliphatic rings. The van der Waals surface area contributed by atoms with E-state index in [-0.39, 0.29) is 11.8 Å². The molecule has 0 atom stereocenters. The van der Waals surface area contributed by atoms with Gasteiger partial charge in [-0.3, -0.25) is 14.9 Å². The van der Waals surface area contributed by atoms with Crippen molar-refractivity contribution in [2.24, 2.45) is 0 Å². The Kier molecular flexibility index (Phi) is 1.85. The SMILES string of the molecule is O=C1CCc2ccccc2C(=O)N1. The molecule has 3 nitrogen and oxygen atoms in total. The second-order valence-corrected chi connectivity index (χ2v) is 3.03. The Morgan fingerprint density at radius 1 is 1.08 bits per heavy atom. The van der Waals surface area contributed by atoms with Crippen LogP contribution in [0.4, 0.5) is 0 Å². The molecule has 2 rings (SSSR count). The van der Waals surface area contributed by atoms with Crippen LogP contribution in [0.3, 0.4) is 0 Å². The summed E-state index contributed by atoms with van der Waals surface area (Å²) in [7, 11) is 0. The van der Waals surface area contributed by atoms with Crippen LogP contribution in [-0.4, -0.2) is 11.8 Å². The molecule has 0 saturated carbocycles. The number of aryl methyl sites for hydroxylation is 1. The van der Waals surface area contributed by atoms with Gasteiger partial charge in [-0.1, -0.05) is 18.2 Å². The van der Waals surface area contributed by atoms with Crippen LogP contribution in [0.1, 0.15) is 22.3 Å². The van der Waals surface area contributed by atoms with E-state index >= 15 is 0 Å². The highest BCUT2D eigenvalue weighted by atomic mass is 16.2. The minimum atomic E-state index is -0.280. The summed E-state index contributed by atoms with van der Waals surface area (Å²) in [6, 6.07) is 7.30. The van der Waals surface area contributed by atoms with Crippen LogP contribution in [-0.2, 0) is 11.2 Å². The molecule has 0 radical (unpaired) electrons. The molecule has 0 unspecified atom stereocenters. The Morgan fingerprint density at radius 2 is 1.85 bits per heavy atom. The number of hydrogen-bond acceptors (Lipinski definition) is 2. The van der Waals surface area contributed by atoms with E-state index in [1.165, 1.54) is 0 Å². The van der Waals surface area contributed by atoms with Gasteiger partial charge >= 0.3 is 0 Å². The number of carbonyl (C=O) groups excluding carboxylic acids is 2. The van der Waals surface area contributed by atoms with Crippen molar-refractivity contribution in [3.8, 4) is 0 Å². The number of benzene rings is 1. The molecule has 0 fully saturated rings. The van der Waals surface area contributed by atoms with Crippen molar-refractivity contribution >= 4 is 11.8 Å². The van der Waals surface area contributed by atoms with Crippen molar-refractivity contribution < 1.29 is 9.59 Å². The molecule has 1 N–H and O–H groups in total. The maximum atomic E-state index is 11.4. The predicted octanol–water partition coefficient (Wildman–Crippen LogP) is 0.889. The smallest absolute Gasteiger partial charge is 0.258 e. The van der Waals surface area contributed by atoms with Gasteiger partial charge in [-0.25, -0.2) is 0 Å². The molecule has 66 valence electrons. The van der Waals surface area contributed by atoms with Crippen molar-refractivity contribution in [1.82, 2.24) is 5.32 Å². The van der Waals surface area contributed by atoms with E-state index in [1.807, 2.05) is 12.1 Å².